The number of sulfonamides is 1. The predicted octanol–water partition coefficient (Wildman–Crippen LogP) is 4.10. The Morgan fingerprint density at radius 2 is 1.70 bits per heavy atom. The van der Waals surface area contributed by atoms with E-state index >= 15 is 0 Å². The van der Waals surface area contributed by atoms with Crippen LogP contribution in [0.2, 0.25) is 5.02 Å². The third kappa shape index (κ3) is 6.79. The summed E-state index contributed by atoms with van der Waals surface area (Å²) in [5, 5.41) is 0.543. The third-order valence-electron chi connectivity index (χ3n) is 5.50. The van der Waals surface area contributed by atoms with Crippen molar-refractivity contribution in [3.8, 4) is 0 Å². The van der Waals surface area contributed by atoms with E-state index in [1.54, 1.807) is 48.2 Å². The summed E-state index contributed by atoms with van der Waals surface area (Å²) in [7, 11) is -3.93. The maximum absolute atomic E-state index is 13.4. The summed E-state index contributed by atoms with van der Waals surface area (Å²) in [5.41, 5.74) is 0.717. The lowest BCUT2D eigenvalue weighted by Crippen LogP contribution is -2.46. The quantitative estimate of drug-likeness (QED) is 0.457. The van der Waals surface area contributed by atoms with Gasteiger partial charge < -0.3 is 9.64 Å². The molecule has 0 spiro atoms. The van der Waals surface area contributed by atoms with Gasteiger partial charge in [0.05, 0.1) is 24.0 Å². The highest BCUT2D eigenvalue weighted by atomic mass is 79.9. The lowest BCUT2D eigenvalue weighted by molar-refractivity contribution is -0.151. The summed E-state index contributed by atoms with van der Waals surface area (Å²) >= 11 is 9.27. The number of esters is 1. The van der Waals surface area contributed by atoms with E-state index in [-0.39, 0.29) is 35.8 Å². The van der Waals surface area contributed by atoms with Crippen LogP contribution in [-0.4, -0.2) is 55.7 Å². The van der Waals surface area contributed by atoms with E-state index in [0.29, 0.717) is 43.1 Å². The van der Waals surface area contributed by atoms with Gasteiger partial charge in [-0.2, -0.15) is 4.31 Å². The zero-order chi connectivity index (χ0) is 24.0. The lowest BCUT2D eigenvalue weighted by atomic mass is 9.97. The van der Waals surface area contributed by atoms with Gasteiger partial charge in [-0.05, 0) is 61.7 Å². The number of piperidine rings is 1. The minimum atomic E-state index is -3.93. The fourth-order valence-electron chi connectivity index (χ4n) is 3.65. The van der Waals surface area contributed by atoms with E-state index in [1.807, 2.05) is 0 Å². The van der Waals surface area contributed by atoms with Gasteiger partial charge in [-0.25, -0.2) is 8.42 Å². The Labute approximate surface area is 207 Å². The summed E-state index contributed by atoms with van der Waals surface area (Å²) in [5.74, 6) is -0.774. The predicted molar refractivity (Wildman–Crippen MR) is 129 cm³/mol. The lowest BCUT2D eigenvalue weighted by Gasteiger charge is -2.32. The Balaban J connectivity index is 1.76. The van der Waals surface area contributed by atoms with Crippen LogP contribution in [-0.2, 0) is 30.9 Å². The molecule has 1 aliphatic heterocycles. The molecule has 3 rings (SSSR count). The number of benzene rings is 2. The molecule has 1 aliphatic rings. The van der Waals surface area contributed by atoms with Crippen molar-refractivity contribution in [3.05, 3.63) is 63.6 Å². The Kier molecular flexibility index (Phi) is 8.92. The Hall–Kier alpha value is -1.94. The van der Waals surface area contributed by atoms with Gasteiger partial charge in [-0.1, -0.05) is 39.7 Å². The van der Waals surface area contributed by atoms with Crippen LogP contribution in [0.1, 0.15) is 25.3 Å². The number of hydrogen-bond donors (Lipinski definition) is 0. The Morgan fingerprint density at radius 1 is 1.09 bits per heavy atom. The van der Waals surface area contributed by atoms with Crippen molar-refractivity contribution >= 4 is 49.4 Å². The summed E-state index contributed by atoms with van der Waals surface area (Å²) in [6.07, 6.45) is 1.00. The van der Waals surface area contributed by atoms with Gasteiger partial charge in [0.15, 0.2) is 0 Å². The number of amides is 1. The monoisotopic (exact) mass is 556 g/mol. The van der Waals surface area contributed by atoms with Gasteiger partial charge in [-0.3, -0.25) is 9.59 Å². The first-order valence-corrected chi connectivity index (χ1v) is 13.3. The molecule has 2 aromatic rings. The molecule has 0 N–H and O–H groups in total. The van der Waals surface area contributed by atoms with Gasteiger partial charge >= 0.3 is 5.97 Å². The molecule has 1 saturated heterocycles. The highest BCUT2D eigenvalue weighted by Crippen LogP contribution is 2.23. The van der Waals surface area contributed by atoms with Crippen molar-refractivity contribution in [1.82, 2.24) is 9.21 Å². The number of nitrogens with zero attached hydrogens (tertiary/aromatic N) is 2. The minimum Gasteiger partial charge on any atom is -0.466 e. The highest BCUT2D eigenvalue weighted by Gasteiger charge is 2.32. The van der Waals surface area contributed by atoms with E-state index in [4.69, 9.17) is 16.3 Å². The molecule has 0 radical (unpaired) electrons. The summed E-state index contributed by atoms with van der Waals surface area (Å²) < 4.78 is 33.8. The average Bonchev–Trinajstić information content (AvgIpc) is 2.80. The SMILES string of the molecule is CCOC(=O)C1CCN(C(=O)CN(Cc2ccc(Cl)cc2)S(=O)(=O)c2ccc(Br)cc2)CC1. The number of ether oxygens (including phenoxy) is 1. The van der Waals surface area contributed by atoms with Gasteiger partial charge in [0.25, 0.3) is 0 Å². The molecular formula is C23H26BrClN2O5S. The van der Waals surface area contributed by atoms with Gasteiger partial charge in [0.2, 0.25) is 15.9 Å². The average molecular weight is 558 g/mol. The second kappa shape index (κ2) is 11.5. The smallest absolute Gasteiger partial charge is 0.309 e. The van der Waals surface area contributed by atoms with Crippen molar-refractivity contribution in [1.29, 1.82) is 0 Å². The van der Waals surface area contributed by atoms with Crippen molar-refractivity contribution in [3.63, 3.8) is 0 Å². The number of hydrogen-bond acceptors (Lipinski definition) is 5. The van der Waals surface area contributed by atoms with E-state index in [0.717, 1.165) is 4.47 Å². The van der Waals surface area contributed by atoms with Crippen LogP contribution in [0.25, 0.3) is 0 Å². The molecule has 0 bridgehead atoms. The molecular weight excluding hydrogens is 532 g/mol. The van der Waals surface area contributed by atoms with Crippen LogP contribution in [0.3, 0.4) is 0 Å². The van der Waals surface area contributed by atoms with Crippen LogP contribution in [0.15, 0.2) is 57.9 Å². The van der Waals surface area contributed by atoms with Crippen LogP contribution in [0.4, 0.5) is 0 Å². The van der Waals surface area contributed by atoms with Crippen LogP contribution >= 0.6 is 27.5 Å². The summed E-state index contributed by atoms with van der Waals surface area (Å²) in [4.78, 5) is 26.7. The first kappa shape index (κ1) is 25.7. The molecule has 7 nitrogen and oxygen atoms in total. The maximum atomic E-state index is 13.4. The summed E-state index contributed by atoms with van der Waals surface area (Å²) in [6, 6.07) is 13.1. The van der Waals surface area contributed by atoms with E-state index in [1.165, 1.54) is 16.4 Å². The third-order valence-corrected chi connectivity index (χ3v) is 8.09. The second-order valence-corrected chi connectivity index (χ2v) is 11.1. The Morgan fingerprint density at radius 3 is 2.27 bits per heavy atom. The zero-order valence-electron chi connectivity index (χ0n) is 18.2. The van der Waals surface area contributed by atoms with Crippen LogP contribution < -0.4 is 0 Å². The molecule has 2 aromatic carbocycles. The fourth-order valence-corrected chi connectivity index (χ4v) is 5.42. The van der Waals surface area contributed by atoms with E-state index < -0.39 is 10.0 Å². The largest absolute Gasteiger partial charge is 0.466 e. The van der Waals surface area contributed by atoms with Crippen molar-refractivity contribution < 1.29 is 22.7 Å². The maximum Gasteiger partial charge on any atom is 0.309 e. The van der Waals surface area contributed by atoms with Crippen LogP contribution in [0, 0.1) is 5.92 Å². The molecule has 0 aliphatic carbocycles. The topological polar surface area (TPSA) is 84.0 Å². The number of carbonyl (C=O) groups excluding carboxylic acids is 2. The minimum absolute atomic E-state index is 0.0284. The number of rotatable bonds is 8. The second-order valence-electron chi connectivity index (χ2n) is 7.76. The molecule has 0 unspecified atom stereocenters. The van der Waals surface area contributed by atoms with E-state index in [2.05, 4.69) is 15.9 Å². The van der Waals surface area contributed by atoms with Crippen LogP contribution in [0.5, 0.6) is 0 Å². The molecule has 10 heteroatoms. The summed E-state index contributed by atoms with van der Waals surface area (Å²) in [6.45, 7) is 2.58. The van der Waals surface area contributed by atoms with Crippen molar-refractivity contribution in [2.45, 2.75) is 31.2 Å². The molecule has 0 saturated carbocycles. The Bertz CT molecular complexity index is 1070. The van der Waals surface area contributed by atoms with Gasteiger partial charge in [0, 0.05) is 29.1 Å². The first-order chi connectivity index (χ1) is 15.7. The molecule has 0 aromatic heterocycles. The number of halogens is 2. The van der Waals surface area contributed by atoms with E-state index in [9.17, 15) is 18.0 Å². The normalized spacial score (nSPS) is 15.0. The molecule has 1 fully saturated rings. The van der Waals surface area contributed by atoms with Crippen molar-refractivity contribution in [2.24, 2.45) is 5.92 Å². The molecule has 178 valence electrons. The standard InChI is InChI=1S/C23H26BrClN2O5S/c1-2-32-23(29)18-11-13-26(14-12-18)22(28)16-27(15-17-3-7-20(25)8-4-17)33(30,31)21-9-5-19(24)6-10-21/h3-10,18H,2,11-16H2,1H3. The van der Waals surface area contributed by atoms with Gasteiger partial charge in [-0.15, -0.1) is 0 Å². The zero-order valence-corrected chi connectivity index (χ0v) is 21.4. The van der Waals surface area contributed by atoms with Crippen molar-refractivity contribution in [2.75, 3.05) is 26.2 Å². The molecule has 1 amide bonds. The first-order valence-electron chi connectivity index (χ1n) is 10.6. The number of likely N-dealkylation sites (tertiary alicyclic amines) is 1. The molecule has 33 heavy (non-hydrogen) atoms. The number of carbonyl (C=O) groups is 2. The highest BCUT2D eigenvalue weighted by molar-refractivity contribution is 9.10. The molecule has 0 atom stereocenters. The fraction of sp³-hybridized carbons (Fsp3) is 0.391. The van der Waals surface area contributed by atoms with Gasteiger partial charge in [0.1, 0.15) is 0 Å². The molecule has 1 heterocycles.